The smallest absolute Gasteiger partial charge is 0.360 e. The Kier molecular flexibility index (Phi) is 4.69. The van der Waals surface area contributed by atoms with Crippen molar-refractivity contribution in [3.8, 4) is 6.07 Å². The van der Waals surface area contributed by atoms with Gasteiger partial charge < -0.3 is 10.1 Å². The normalized spacial score (nSPS) is 9.80. The number of thiazole rings is 1. The van der Waals surface area contributed by atoms with Crippen LogP contribution in [0.4, 0.5) is 10.7 Å². The number of nitrogens with one attached hydrogen (secondary N) is 1. The van der Waals surface area contributed by atoms with Gasteiger partial charge in [-0.05, 0) is 24.6 Å². The van der Waals surface area contributed by atoms with Gasteiger partial charge >= 0.3 is 5.97 Å². The van der Waals surface area contributed by atoms with Gasteiger partial charge in [0.2, 0.25) is 0 Å². The molecule has 0 radical (unpaired) electrons. The number of benzene rings is 1. The van der Waals surface area contributed by atoms with Gasteiger partial charge in [-0.25, -0.2) is 9.78 Å². The van der Waals surface area contributed by atoms with E-state index in [0.29, 0.717) is 18.0 Å². The van der Waals surface area contributed by atoms with Crippen LogP contribution in [0.25, 0.3) is 0 Å². The Labute approximate surface area is 120 Å². The van der Waals surface area contributed by atoms with Gasteiger partial charge in [0.15, 0.2) is 5.69 Å². The number of nitrogens with zero attached hydrogens (tertiary/aromatic N) is 2. The Balaban J connectivity index is 2.12. The number of nitriles is 1. The maximum Gasteiger partial charge on any atom is 0.360 e. The van der Waals surface area contributed by atoms with Crippen LogP contribution in [0.5, 0.6) is 0 Å². The number of carbonyl (C=O) groups is 1. The highest BCUT2D eigenvalue weighted by molar-refractivity contribution is 7.14. The second kappa shape index (κ2) is 6.68. The second-order valence-corrected chi connectivity index (χ2v) is 4.76. The van der Waals surface area contributed by atoms with Gasteiger partial charge in [0, 0.05) is 5.69 Å². The molecular formula is C14H13N3O2S. The van der Waals surface area contributed by atoms with E-state index in [2.05, 4.69) is 16.4 Å². The maximum absolute atomic E-state index is 11.7. The first-order chi connectivity index (χ1) is 9.74. The average molecular weight is 287 g/mol. The zero-order valence-corrected chi connectivity index (χ0v) is 11.7. The number of rotatable bonds is 5. The van der Waals surface area contributed by atoms with Crippen molar-refractivity contribution in [3.63, 3.8) is 0 Å². The van der Waals surface area contributed by atoms with Crippen molar-refractivity contribution >= 4 is 28.0 Å². The van der Waals surface area contributed by atoms with Gasteiger partial charge in [-0.15, -0.1) is 11.3 Å². The lowest BCUT2D eigenvalue weighted by Crippen LogP contribution is -2.07. The molecule has 0 aliphatic carbocycles. The first-order valence-corrected chi connectivity index (χ1v) is 6.96. The third kappa shape index (κ3) is 3.33. The number of anilines is 2. The van der Waals surface area contributed by atoms with E-state index in [4.69, 9.17) is 10.00 Å². The lowest BCUT2D eigenvalue weighted by atomic mass is 10.1. The minimum Gasteiger partial charge on any atom is -0.461 e. The van der Waals surface area contributed by atoms with Gasteiger partial charge in [-0.1, -0.05) is 12.1 Å². The molecule has 0 amide bonds. The van der Waals surface area contributed by atoms with Crippen molar-refractivity contribution in [1.29, 1.82) is 5.26 Å². The molecule has 2 aromatic rings. The Morgan fingerprint density at radius 2 is 2.20 bits per heavy atom. The lowest BCUT2D eigenvalue weighted by Gasteiger charge is -2.06. The van der Waals surface area contributed by atoms with Crippen LogP contribution in [0, 0.1) is 11.3 Å². The number of hydrogen-bond donors (Lipinski definition) is 1. The Morgan fingerprint density at radius 3 is 2.85 bits per heavy atom. The van der Waals surface area contributed by atoms with Gasteiger partial charge in [0.25, 0.3) is 0 Å². The van der Waals surface area contributed by atoms with E-state index in [1.54, 1.807) is 12.4 Å². The molecule has 0 aliphatic heterocycles. The predicted octanol–water partition coefficient (Wildman–Crippen LogP) is 3.13. The highest BCUT2D eigenvalue weighted by Crippen LogP contribution is 2.25. The Hall–Kier alpha value is -2.39. The van der Waals surface area contributed by atoms with E-state index in [1.807, 2.05) is 24.3 Å². The second-order valence-electron chi connectivity index (χ2n) is 3.91. The molecule has 102 valence electrons. The number of aromatic nitrogens is 1. The summed E-state index contributed by atoms with van der Waals surface area (Å²) in [6.07, 6.45) is 0.384. The summed E-state index contributed by atoms with van der Waals surface area (Å²) in [6, 6.07) is 9.57. The first kappa shape index (κ1) is 14.0. The molecule has 1 aromatic heterocycles. The predicted molar refractivity (Wildman–Crippen MR) is 77.1 cm³/mol. The molecule has 1 N–H and O–H groups in total. The third-order valence-electron chi connectivity index (χ3n) is 2.53. The molecular weight excluding hydrogens is 274 g/mol. The Morgan fingerprint density at radius 1 is 1.45 bits per heavy atom. The first-order valence-electron chi connectivity index (χ1n) is 6.08. The van der Waals surface area contributed by atoms with Crippen LogP contribution >= 0.6 is 11.3 Å². The summed E-state index contributed by atoms with van der Waals surface area (Å²) in [5.74, 6) is -0.433. The topological polar surface area (TPSA) is 75.0 Å². The summed E-state index contributed by atoms with van der Waals surface area (Å²) >= 11 is 1.34. The summed E-state index contributed by atoms with van der Waals surface area (Å²) in [5.41, 5.74) is 3.67. The molecule has 0 aliphatic rings. The van der Waals surface area contributed by atoms with Crippen LogP contribution in [0.15, 0.2) is 29.8 Å². The lowest BCUT2D eigenvalue weighted by molar-refractivity contribution is 0.0521. The van der Waals surface area contributed by atoms with Crippen LogP contribution < -0.4 is 5.32 Å². The van der Waals surface area contributed by atoms with Crippen molar-refractivity contribution in [3.05, 3.63) is 41.0 Å². The van der Waals surface area contributed by atoms with Crippen molar-refractivity contribution in [1.82, 2.24) is 4.98 Å². The number of ether oxygens (including phenoxy) is 1. The van der Waals surface area contributed by atoms with Gasteiger partial charge in [-0.2, -0.15) is 5.26 Å². The van der Waals surface area contributed by atoms with E-state index in [9.17, 15) is 4.79 Å². The van der Waals surface area contributed by atoms with Crippen LogP contribution in [-0.2, 0) is 11.2 Å². The maximum atomic E-state index is 11.7. The zero-order chi connectivity index (χ0) is 14.4. The van der Waals surface area contributed by atoms with E-state index < -0.39 is 5.97 Å². The van der Waals surface area contributed by atoms with Crippen LogP contribution in [0.3, 0.4) is 0 Å². The van der Waals surface area contributed by atoms with Gasteiger partial charge in [-0.3, -0.25) is 0 Å². The fourth-order valence-electron chi connectivity index (χ4n) is 1.61. The molecule has 6 heteroatoms. The van der Waals surface area contributed by atoms with Gasteiger partial charge in [0.1, 0.15) is 5.00 Å². The summed E-state index contributed by atoms with van der Waals surface area (Å²) in [6.45, 7) is 2.07. The minimum absolute atomic E-state index is 0.290. The standard InChI is InChI=1S/C14H13N3O2S/c1-2-19-14(18)12-13(20-9-16-12)17-11-5-3-10(4-6-11)7-8-15/h3-6,9,17H,2,7H2,1H3. The summed E-state index contributed by atoms with van der Waals surface area (Å²) < 4.78 is 4.94. The fraction of sp³-hybridized carbons (Fsp3) is 0.214. The van der Waals surface area contributed by atoms with Crippen molar-refractivity contribution in [2.45, 2.75) is 13.3 Å². The zero-order valence-electron chi connectivity index (χ0n) is 10.9. The summed E-state index contributed by atoms with van der Waals surface area (Å²) in [7, 11) is 0. The SMILES string of the molecule is CCOC(=O)c1ncsc1Nc1ccc(CC#N)cc1. The molecule has 1 aromatic carbocycles. The largest absolute Gasteiger partial charge is 0.461 e. The number of hydrogen-bond acceptors (Lipinski definition) is 6. The Bertz CT molecular complexity index is 629. The van der Waals surface area contributed by atoms with Crippen LogP contribution in [0.1, 0.15) is 23.0 Å². The molecule has 1 heterocycles. The molecule has 0 bridgehead atoms. The quantitative estimate of drug-likeness (QED) is 0.855. The molecule has 2 rings (SSSR count). The van der Waals surface area contributed by atoms with Gasteiger partial charge in [0.05, 0.1) is 24.6 Å². The highest BCUT2D eigenvalue weighted by Gasteiger charge is 2.16. The number of carbonyl (C=O) groups excluding carboxylic acids is 1. The highest BCUT2D eigenvalue weighted by atomic mass is 32.1. The van der Waals surface area contributed by atoms with Crippen LogP contribution in [0.2, 0.25) is 0 Å². The minimum atomic E-state index is -0.433. The fourth-order valence-corrected chi connectivity index (χ4v) is 2.30. The molecule has 0 saturated carbocycles. The van der Waals surface area contributed by atoms with E-state index >= 15 is 0 Å². The molecule has 0 fully saturated rings. The van der Waals surface area contributed by atoms with Crippen molar-refractivity contribution in [2.75, 3.05) is 11.9 Å². The molecule has 0 saturated heterocycles. The van der Waals surface area contributed by atoms with Crippen molar-refractivity contribution < 1.29 is 9.53 Å². The molecule has 0 atom stereocenters. The molecule has 0 spiro atoms. The molecule has 20 heavy (non-hydrogen) atoms. The van der Waals surface area contributed by atoms with Crippen molar-refractivity contribution in [2.24, 2.45) is 0 Å². The summed E-state index contributed by atoms with van der Waals surface area (Å²) in [4.78, 5) is 15.7. The molecule has 0 unspecified atom stereocenters. The van der Waals surface area contributed by atoms with E-state index in [1.165, 1.54) is 11.3 Å². The summed E-state index contributed by atoms with van der Waals surface area (Å²) in [5, 5.41) is 12.4. The van der Waals surface area contributed by atoms with E-state index in [-0.39, 0.29) is 5.69 Å². The van der Waals surface area contributed by atoms with Crippen LogP contribution in [-0.4, -0.2) is 17.6 Å². The average Bonchev–Trinajstić information content (AvgIpc) is 2.90. The van der Waals surface area contributed by atoms with E-state index in [0.717, 1.165) is 11.3 Å². The number of esters is 1. The molecule has 5 nitrogen and oxygen atoms in total. The third-order valence-corrected chi connectivity index (χ3v) is 3.27. The monoisotopic (exact) mass is 287 g/mol.